The number of nitrogens with zero attached hydrogens (tertiary/aromatic N) is 1. The number of hydrogen-bond donors (Lipinski definition) is 2. The lowest BCUT2D eigenvalue weighted by molar-refractivity contribution is 0.251. The second kappa shape index (κ2) is 5.05. The quantitative estimate of drug-likeness (QED) is 0.832. The summed E-state index contributed by atoms with van der Waals surface area (Å²) in [5.41, 5.74) is 4.73. The molecule has 2 aromatic carbocycles. The standard InChI is InChI=1S/C19H21NO4/c1-20-5-4-11-8-18(23-2)17(22)9-13(11)15(20)6-12-7-16(21)19(24-3)10-14(12)20/h7-10,15H,4-6H2,1-3H3,(H-,21,22)/p+1/t15-,20+/m1/s1. The monoisotopic (exact) mass is 328 g/mol. The SMILES string of the molecule is COc1cc2c(cc1O)[C@H]1Cc3cc(O)c(OC)cc3[N@+]1(C)CC2. The maximum absolute atomic E-state index is 10.2. The van der Waals surface area contributed by atoms with Gasteiger partial charge in [-0.25, -0.2) is 0 Å². The molecule has 0 amide bonds. The fraction of sp³-hybridized carbons (Fsp3) is 0.368. The molecule has 0 spiro atoms. The van der Waals surface area contributed by atoms with Crippen LogP contribution in [-0.2, 0) is 12.8 Å². The van der Waals surface area contributed by atoms with Crippen molar-refractivity contribution in [3.63, 3.8) is 0 Å². The summed E-state index contributed by atoms with van der Waals surface area (Å²) in [4.78, 5) is 0. The zero-order valence-corrected chi connectivity index (χ0v) is 14.2. The van der Waals surface area contributed by atoms with Gasteiger partial charge in [-0.1, -0.05) is 0 Å². The molecule has 126 valence electrons. The van der Waals surface area contributed by atoms with Crippen LogP contribution in [0, 0.1) is 0 Å². The summed E-state index contributed by atoms with van der Waals surface area (Å²) < 4.78 is 11.3. The number of fused-ring (bicyclic) bond motifs is 5. The first kappa shape index (κ1) is 15.1. The number of methoxy groups -OCH3 is 2. The van der Waals surface area contributed by atoms with Crippen molar-refractivity contribution in [2.45, 2.75) is 18.9 Å². The molecule has 0 aliphatic carbocycles. The molecule has 2 aliphatic rings. The number of phenolic OH excluding ortho intramolecular Hbond substituents is 2. The number of aromatic hydroxyl groups is 2. The third-order valence-electron chi connectivity index (χ3n) is 5.68. The highest BCUT2D eigenvalue weighted by atomic mass is 16.5. The maximum atomic E-state index is 10.2. The van der Waals surface area contributed by atoms with Gasteiger partial charge in [-0.15, -0.1) is 0 Å². The van der Waals surface area contributed by atoms with Crippen LogP contribution in [0.3, 0.4) is 0 Å². The highest BCUT2D eigenvalue weighted by Gasteiger charge is 2.48. The predicted octanol–water partition coefficient (Wildman–Crippen LogP) is 2.91. The van der Waals surface area contributed by atoms with E-state index in [0.717, 1.165) is 35.0 Å². The minimum absolute atomic E-state index is 0.181. The van der Waals surface area contributed by atoms with E-state index in [4.69, 9.17) is 9.47 Å². The summed E-state index contributed by atoms with van der Waals surface area (Å²) >= 11 is 0. The van der Waals surface area contributed by atoms with Crippen LogP contribution in [-0.4, -0.2) is 38.0 Å². The van der Waals surface area contributed by atoms with Crippen molar-refractivity contribution >= 4 is 5.69 Å². The Bertz CT molecular complexity index is 833. The molecule has 24 heavy (non-hydrogen) atoms. The van der Waals surface area contributed by atoms with E-state index in [9.17, 15) is 10.2 Å². The van der Waals surface area contributed by atoms with E-state index < -0.39 is 0 Å². The Labute approximate surface area is 141 Å². The number of rotatable bonds is 2. The number of ether oxygens (including phenoxy) is 2. The van der Waals surface area contributed by atoms with Crippen LogP contribution >= 0.6 is 0 Å². The molecule has 0 saturated carbocycles. The van der Waals surface area contributed by atoms with E-state index in [1.54, 1.807) is 14.2 Å². The summed E-state index contributed by atoms with van der Waals surface area (Å²) in [5.74, 6) is 1.40. The molecule has 0 bridgehead atoms. The topological polar surface area (TPSA) is 58.9 Å². The van der Waals surface area contributed by atoms with Crippen LogP contribution in [0.15, 0.2) is 24.3 Å². The zero-order chi connectivity index (χ0) is 17.1. The molecule has 2 N–H and O–H groups in total. The molecule has 5 nitrogen and oxygen atoms in total. The smallest absolute Gasteiger partial charge is 0.166 e. The Hall–Kier alpha value is -2.40. The van der Waals surface area contributed by atoms with Gasteiger partial charge in [0.2, 0.25) is 0 Å². The Morgan fingerprint density at radius 2 is 1.62 bits per heavy atom. The summed E-state index contributed by atoms with van der Waals surface area (Å²) in [6.07, 6.45) is 1.75. The molecule has 0 aromatic heterocycles. The van der Waals surface area contributed by atoms with Crippen molar-refractivity contribution in [1.82, 2.24) is 4.48 Å². The van der Waals surface area contributed by atoms with Gasteiger partial charge in [0.05, 0.1) is 27.8 Å². The van der Waals surface area contributed by atoms with E-state index in [1.807, 2.05) is 24.3 Å². The van der Waals surface area contributed by atoms with Crippen molar-refractivity contribution in [2.75, 3.05) is 27.8 Å². The molecule has 4 rings (SSSR count). The zero-order valence-electron chi connectivity index (χ0n) is 14.2. The second-order valence-corrected chi connectivity index (χ2v) is 6.84. The largest absolute Gasteiger partial charge is 0.504 e. The number of benzene rings is 2. The molecule has 5 heteroatoms. The molecule has 0 unspecified atom stereocenters. The third kappa shape index (κ3) is 1.91. The van der Waals surface area contributed by atoms with Gasteiger partial charge in [0.15, 0.2) is 23.0 Å². The molecular formula is C19H22NO4+. The van der Waals surface area contributed by atoms with Crippen LogP contribution < -0.4 is 14.0 Å². The van der Waals surface area contributed by atoms with Crippen molar-refractivity contribution in [2.24, 2.45) is 0 Å². The Morgan fingerprint density at radius 3 is 2.33 bits per heavy atom. The van der Waals surface area contributed by atoms with Gasteiger partial charge in [-0.3, -0.25) is 4.48 Å². The molecule has 2 heterocycles. The summed E-state index contributed by atoms with van der Waals surface area (Å²) in [5, 5.41) is 20.3. The highest BCUT2D eigenvalue weighted by Crippen LogP contribution is 2.52. The van der Waals surface area contributed by atoms with Gasteiger partial charge in [-0.05, 0) is 23.8 Å². The van der Waals surface area contributed by atoms with Crippen LogP contribution in [0.1, 0.15) is 22.7 Å². The Balaban J connectivity index is 1.85. The number of quaternary nitrogens is 1. The summed E-state index contributed by atoms with van der Waals surface area (Å²) in [6.45, 7) is 0.965. The average molecular weight is 328 g/mol. The van der Waals surface area contributed by atoms with E-state index in [0.29, 0.717) is 11.5 Å². The van der Waals surface area contributed by atoms with E-state index in [2.05, 4.69) is 7.05 Å². The lowest BCUT2D eigenvalue weighted by Gasteiger charge is -2.41. The summed E-state index contributed by atoms with van der Waals surface area (Å²) in [7, 11) is 5.37. The molecule has 2 aromatic rings. The van der Waals surface area contributed by atoms with Crippen LogP contribution in [0.25, 0.3) is 0 Å². The lowest BCUT2D eigenvalue weighted by Crippen LogP contribution is -2.50. The minimum atomic E-state index is 0.181. The number of likely N-dealkylation sites (N-methyl/N-ethyl adjacent to an activating group) is 1. The van der Waals surface area contributed by atoms with E-state index >= 15 is 0 Å². The fourth-order valence-corrected chi connectivity index (χ4v) is 4.34. The van der Waals surface area contributed by atoms with Crippen LogP contribution in [0.5, 0.6) is 23.0 Å². The molecular weight excluding hydrogens is 306 g/mol. The van der Waals surface area contributed by atoms with Crippen molar-refractivity contribution in [3.05, 3.63) is 41.0 Å². The molecule has 2 atom stereocenters. The number of phenols is 2. The maximum Gasteiger partial charge on any atom is 0.166 e. The van der Waals surface area contributed by atoms with E-state index in [-0.39, 0.29) is 17.5 Å². The lowest BCUT2D eigenvalue weighted by atomic mass is 9.90. The molecule has 0 radical (unpaired) electrons. The average Bonchev–Trinajstić information content (AvgIpc) is 2.85. The first-order chi connectivity index (χ1) is 11.5. The van der Waals surface area contributed by atoms with Crippen molar-refractivity contribution < 1.29 is 19.7 Å². The van der Waals surface area contributed by atoms with Gasteiger partial charge in [0, 0.05) is 30.0 Å². The fourth-order valence-electron chi connectivity index (χ4n) is 4.34. The van der Waals surface area contributed by atoms with Gasteiger partial charge < -0.3 is 19.7 Å². The van der Waals surface area contributed by atoms with Gasteiger partial charge >= 0.3 is 0 Å². The van der Waals surface area contributed by atoms with Crippen molar-refractivity contribution in [1.29, 1.82) is 0 Å². The Kier molecular flexibility index (Phi) is 3.18. The first-order valence-corrected chi connectivity index (χ1v) is 8.13. The van der Waals surface area contributed by atoms with Gasteiger partial charge in [-0.2, -0.15) is 0 Å². The van der Waals surface area contributed by atoms with E-state index in [1.165, 1.54) is 11.3 Å². The summed E-state index contributed by atoms with van der Waals surface area (Å²) in [6, 6.07) is 7.80. The molecule has 0 fully saturated rings. The van der Waals surface area contributed by atoms with Gasteiger partial charge in [0.25, 0.3) is 0 Å². The first-order valence-electron chi connectivity index (χ1n) is 8.13. The molecule has 0 saturated heterocycles. The van der Waals surface area contributed by atoms with Crippen molar-refractivity contribution in [3.8, 4) is 23.0 Å². The second-order valence-electron chi connectivity index (χ2n) is 6.84. The predicted molar refractivity (Wildman–Crippen MR) is 92.1 cm³/mol. The van der Waals surface area contributed by atoms with Crippen LogP contribution in [0.4, 0.5) is 5.69 Å². The third-order valence-corrected chi connectivity index (χ3v) is 5.68. The van der Waals surface area contributed by atoms with Crippen LogP contribution in [0.2, 0.25) is 0 Å². The minimum Gasteiger partial charge on any atom is -0.504 e. The number of hydrogen-bond acceptors (Lipinski definition) is 4. The normalized spacial score (nSPS) is 24.0. The Morgan fingerprint density at radius 1 is 0.958 bits per heavy atom. The van der Waals surface area contributed by atoms with Gasteiger partial charge in [0.1, 0.15) is 11.7 Å². The molecule has 2 aliphatic heterocycles. The highest BCUT2D eigenvalue weighted by molar-refractivity contribution is 5.65.